The molecule has 82 valence electrons. The first-order valence-electron chi connectivity index (χ1n) is 5.25. The normalized spacial score (nSPS) is 26.3. The van der Waals surface area contributed by atoms with Gasteiger partial charge in [-0.1, -0.05) is 6.92 Å². The summed E-state index contributed by atoms with van der Waals surface area (Å²) in [7, 11) is 0. The van der Waals surface area contributed by atoms with Gasteiger partial charge in [0.2, 0.25) is 0 Å². The number of hydrogen-bond donors (Lipinski definition) is 1. The maximum Gasteiger partial charge on any atom is 0.250 e. The fourth-order valence-corrected chi connectivity index (χ4v) is 1.72. The fraction of sp³-hybridized carbons (Fsp3) is 0.545. The Morgan fingerprint density at radius 2 is 2.47 bits per heavy atom. The Morgan fingerprint density at radius 3 is 3.20 bits per heavy atom. The molecule has 0 saturated carbocycles. The molecule has 0 aromatic carbocycles. The Bertz CT molecular complexity index is 332. The lowest BCUT2D eigenvalue weighted by molar-refractivity contribution is 0.104. The van der Waals surface area contributed by atoms with E-state index >= 15 is 0 Å². The van der Waals surface area contributed by atoms with Crippen molar-refractivity contribution in [2.24, 2.45) is 5.92 Å². The van der Waals surface area contributed by atoms with Crippen molar-refractivity contribution in [3.63, 3.8) is 0 Å². The number of ether oxygens (including phenoxy) is 1. The molecule has 1 aliphatic rings. The first kappa shape index (κ1) is 10.4. The Labute approximate surface area is 88.7 Å². The van der Waals surface area contributed by atoms with Crippen LogP contribution in [0.4, 0.5) is 4.39 Å². The third kappa shape index (κ3) is 2.45. The number of pyridine rings is 1. The first-order valence-corrected chi connectivity index (χ1v) is 5.25. The molecule has 2 rings (SSSR count). The molecule has 1 saturated heterocycles. The molecule has 0 aliphatic carbocycles. The number of rotatable bonds is 2. The highest BCUT2D eigenvalue weighted by molar-refractivity contribution is 5.13. The summed E-state index contributed by atoms with van der Waals surface area (Å²) in [5.41, 5.74) is 0. The van der Waals surface area contributed by atoms with E-state index in [-0.39, 0.29) is 12.0 Å². The first-order chi connectivity index (χ1) is 7.27. The van der Waals surface area contributed by atoms with E-state index in [0.717, 1.165) is 19.5 Å². The second kappa shape index (κ2) is 4.57. The molecule has 0 bridgehead atoms. The lowest BCUT2D eigenvalue weighted by atomic mass is 9.97. The van der Waals surface area contributed by atoms with Crippen molar-refractivity contribution in [3.8, 4) is 5.88 Å². The van der Waals surface area contributed by atoms with E-state index in [2.05, 4.69) is 17.2 Å². The highest BCUT2D eigenvalue weighted by Crippen LogP contribution is 2.19. The Kier molecular flexibility index (Phi) is 3.16. The summed E-state index contributed by atoms with van der Waals surface area (Å²) < 4.78 is 18.8. The summed E-state index contributed by atoms with van der Waals surface area (Å²) in [6.07, 6.45) is 2.61. The molecule has 2 unspecified atom stereocenters. The Hall–Kier alpha value is -1.16. The third-order valence-corrected chi connectivity index (χ3v) is 2.74. The lowest BCUT2D eigenvalue weighted by Crippen LogP contribution is -2.43. The standard InChI is InChI=1S/C11H15FN2O/c1-8-4-6-13-7-10(8)15-11-9(12)3-2-5-14-11/h2-3,5,8,10,13H,4,6-7H2,1H3. The molecule has 1 aromatic heterocycles. The van der Waals surface area contributed by atoms with Crippen LogP contribution in [0.25, 0.3) is 0 Å². The van der Waals surface area contributed by atoms with Gasteiger partial charge in [0.15, 0.2) is 5.82 Å². The monoisotopic (exact) mass is 210 g/mol. The number of aromatic nitrogens is 1. The van der Waals surface area contributed by atoms with Crippen LogP contribution in [-0.2, 0) is 0 Å². The third-order valence-electron chi connectivity index (χ3n) is 2.74. The molecule has 2 atom stereocenters. The predicted octanol–water partition coefficient (Wildman–Crippen LogP) is 1.60. The van der Waals surface area contributed by atoms with Crippen molar-refractivity contribution < 1.29 is 9.13 Å². The summed E-state index contributed by atoms with van der Waals surface area (Å²) >= 11 is 0. The molecule has 4 heteroatoms. The molecule has 1 aromatic rings. The van der Waals surface area contributed by atoms with Gasteiger partial charge in [-0.3, -0.25) is 0 Å². The smallest absolute Gasteiger partial charge is 0.250 e. The van der Waals surface area contributed by atoms with Crippen molar-refractivity contribution in [2.45, 2.75) is 19.4 Å². The zero-order valence-electron chi connectivity index (χ0n) is 8.74. The molecule has 1 fully saturated rings. The van der Waals surface area contributed by atoms with Gasteiger partial charge in [0.25, 0.3) is 5.88 Å². The largest absolute Gasteiger partial charge is 0.471 e. The lowest BCUT2D eigenvalue weighted by Gasteiger charge is -2.29. The molecule has 1 aliphatic heterocycles. The van der Waals surface area contributed by atoms with E-state index < -0.39 is 5.82 Å². The Balaban J connectivity index is 2.04. The van der Waals surface area contributed by atoms with Crippen molar-refractivity contribution >= 4 is 0 Å². The second-order valence-corrected chi connectivity index (χ2v) is 3.92. The number of piperidine rings is 1. The number of nitrogens with one attached hydrogen (secondary N) is 1. The van der Waals surface area contributed by atoms with Crippen LogP contribution in [0.5, 0.6) is 5.88 Å². The van der Waals surface area contributed by atoms with Gasteiger partial charge in [-0.05, 0) is 31.0 Å². The average molecular weight is 210 g/mol. The van der Waals surface area contributed by atoms with E-state index in [1.54, 1.807) is 12.3 Å². The second-order valence-electron chi connectivity index (χ2n) is 3.92. The van der Waals surface area contributed by atoms with Crippen LogP contribution in [0, 0.1) is 11.7 Å². The van der Waals surface area contributed by atoms with E-state index in [1.165, 1.54) is 6.07 Å². The van der Waals surface area contributed by atoms with Crippen LogP contribution < -0.4 is 10.1 Å². The topological polar surface area (TPSA) is 34.1 Å². The van der Waals surface area contributed by atoms with Crippen LogP contribution in [0.1, 0.15) is 13.3 Å². The highest BCUT2D eigenvalue weighted by atomic mass is 19.1. The van der Waals surface area contributed by atoms with Crippen LogP contribution in [-0.4, -0.2) is 24.2 Å². The van der Waals surface area contributed by atoms with Gasteiger partial charge in [-0.2, -0.15) is 0 Å². The van der Waals surface area contributed by atoms with Gasteiger partial charge < -0.3 is 10.1 Å². The minimum absolute atomic E-state index is 0.0168. The van der Waals surface area contributed by atoms with Crippen molar-refractivity contribution in [2.75, 3.05) is 13.1 Å². The Morgan fingerprint density at radius 1 is 1.60 bits per heavy atom. The maximum absolute atomic E-state index is 13.3. The molecular weight excluding hydrogens is 195 g/mol. The summed E-state index contributed by atoms with van der Waals surface area (Å²) in [6, 6.07) is 2.92. The molecule has 0 amide bonds. The molecule has 0 spiro atoms. The molecule has 15 heavy (non-hydrogen) atoms. The van der Waals surface area contributed by atoms with E-state index in [0.29, 0.717) is 5.92 Å². The van der Waals surface area contributed by atoms with Crippen LogP contribution in [0.3, 0.4) is 0 Å². The van der Waals surface area contributed by atoms with Crippen LogP contribution >= 0.6 is 0 Å². The van der Waals surface area contributed by atoms with Gasteiger partial charge >= 0.3 is 0 Å². The number of halogens is 1. The zero-order chi connectivity index (χ0) is 10.7. The average Bonchev–Trinajstić information content (AvgIpc) is 2.24. The van der Waals surface area contributed by atoms with Crippen molar-refractivity contribution in [1.29, 1.82) is 0 Å². The van der Waals surface area contributed by atoms with Crippen LogP contribution in [0.15, 0.2) is 18.3 Å². The fourth-order valence-electron chi connectivity index (χ4n) is 1.72. The maximum atomic E-state index is 13.3. The molecular formula is C11H15FN2O. The summed E-state index contributed by atoms with van der Waals surface area (Å²) in [5, 5.41) is 3.23. The van der Waals surface area contributed by atoms with Crippen molar-refractivity contribution in [1.82, 2.24) is 10.3 Å². The van der Waals surface area contributed by atoms with Gasteiger partial charge in [0.05, 0.1) is 0 Å². The van der Waals surface area contributed by atoms with E-state index in [1.807, 2.05) is 0 Å². The summed E-state index contributed by atoms with van der Waals surface area (Å²) in [4.78, 5) is 3.88. The molecule has 3 nitrogen and oxygen atoms in total. The minimum Gasteiger partial charge on any atom is -0.471 e. The SMILES string of the molecule is CC1CCNCC1Oc1ncccc1F. The molecule has 2 heterocycles. The number of hydrogen-bond acceptors (Lipinski definition) is 3. The number of nitrogens with zero attached hydrogens (tertiary/aromatic N) is 1. The van der Waals surface area contributed by atoms with E-state index in [9.17, 15) is 4.39 Å². The molecule has 0 radical (unpaired) electrons. The van der Waals surface area contributed by atoms with E-state index in [4.69, 9.17) is 4.74 Å². The minimum atomic E-state index is -0.393. The van der Waals surface area contributed by atoms with Crippen molar-refractivity contribution in [3.05, 3.63) is 24.1 Å². The zero-order valence-corrected chi connectivity index (χ0v) is 8.74. The van der Waals surface area contributed by atoms with Gasteiger partial charge in [0.1, 0.15) is 6.10 Å². The highest BCUT2D eigenvalue weighted by Gasteiger charge is 2.23. The van der Waals surface area contributed by atoms with Crippen LogP contribution in [0.2, 0.25) is 0 Å². The van der Waals surface area contributed by atoms with Gasteiger partial charge in [-0.15, -0.1) is 0 Å². The summed E-state index contributed by atoms with van der Waals surface area (Å²) in [5.74, 6) is 0.154. The quantitative estimate of drug-likeness (QED) is 0.805. The van der Waals surface area contributed by atoms with Gasteiger partial charge in [0, 0.05) is 12.7 Å². The summed E-state index contributed by atoms with van der Waals surface area (Å²) in [6.45, 7) is 3.88. The van der Waals surface area contributed by atoms with Gasteiger partial charge in [-0.25, -0.2) is 9.37 Å². The molecule has 1 N–H and O–H groups in total. The predicted molar refractivity (Wildman–Crippen MR) is 55.3 cm³/mol.